The van der Waals surface area contributed by atoms with Crippen molar-refractivity contribution >= 4 is 34.1 Å². The smallest absolute Gasteiger partial charge is 0.276 e. The van der Waals surface area contributed by atoms with Crippen molar-refractivity contribution in [2.75, 3.05) is 5.32 Å². The molecule has 8 nitrogen and oxygen atoms in total. The number of carbonyl (C=O) groups is 1. The van der Waals surface area contributed by atoms with Gasteiger partial charge in [-0.05, 0) is 35.5 Å². The quantitative estimate of drug-likeness (QED) is 0.531. The summed E-state index contributed by atoms with van der Waals surface area (Å²) in [7, 11) is 0. The van der Waals surface area contributed by atoms with E-state index in [1.165, 1.54) is 0 Å². The number of halogens is 1. The first-order chi connectivity index (χ1) is 11.7. The van der Waals surface area contributed by atoms with Gasteiger partial charge in [0.25, 0.3) is 5.91 Å². The maximum absolute atomic E-state index is 12.5. The van der Waals surface area contributed by atoms with Gasteiger partial charge in [-0.1, -0.05) is 23.7 Å². The van der Waals surface area contributed by atoms with E-state index in [-0.39, 0.29) is 11.6 Å². The molecule has 1 amide bonds. The molecule has 0 radical (unpaired) electrons. The van der Waals surface area contributed by atoms with E-state index >= 15 is 0 Å². The van der Waals surface area contributed by atoms with E-state index in [4.69, 9.17) is 11.6 Å². The standard InChI is InChI=1S/C15H10ClN7O/c16-9-4-5-12-11(7-9)13(19-18-12)15(24)17-10-3-1-2-8(6-10)14-20-22-23-21-14/h1-7H,(H,17,24)(H,18,19)(H,20,21,22,23). The van der Waals surface area contributed by atoms with E-state index in [1.807, 2.05) is 6.07 Å². The number of tetrazole rings is 1. The Bertz CT molecular complexity index is 1030. The Labute approximate surface area is 140 Å². The largest absolute Gasteiger partial charge is 0.321 e. The summed E-state index contributed by atoms with van der Waals surface area (Å²) in [6.07, 6.45) is 0. The van der Waals surface area contributed by atoms with Crippen LogP contribution in [-0.2, 0) is 0 Å². The van der Waals surface area contributed by atoms with Crippen LogP contribution in [0.25, 0.3) is 22.3 Å². The number of aromatic nitrogens is 6. The third-order valence-corrected chi connectivity index (χ3v) is 3.70. The molecular weight excluding hydrogens is 330 g/mol. The van der Waals surface area contributed by atoms with Crippen LogP contribution >= 0.6 is 11.6 Å². The molecule has 0 fully saturated rings. The van der Waals surface area contributed by atoms with Crippen molar-refractivity contribution in [3.05, 3.63) is 53.2 Å². The van der Waals surface area contributed by atoms with Gasteiger partial charge in [0.1, 0.15) is 0 Å². The summed E-state index contributed by atoms with van der Waals surface area (Å²) in [6, 6.07) is 12.3. The number of rotatable bonds is 3. The lowest BCUT2D eigenvalue weighted by atomic mass is 10.1. The van der Waals surface area contributed by atoms with Gasteiger partial charge in [0.2, 0.25) is 5.82 Å². The summed E-state index contributed by atoms with van der Waals surface area (Å²) < 4.78 is 0. The fraction of sp³-hybridized carbons (Fsp3) is 0. The van der Waals surface area contributed by atoms with E-state index in [9.17, 15) is 4.79 Å². The van der Waals surface area contributed by atoms with Crippen LogP contribution in [0.5, 0.6) is 0 Å². The van der Waals surface area contributed by atoms with Crippen molar-refractivity contribution in [2.45, 2.75) is 0 Å². The highest BCUT2D eigenvalue weighted by Crippen LogP contribution is 2.23. The molecule has 24 heavy (non-hydrogen) atoms. The molecule has 2 heterocycles. The Morgan fingerprint density at radius 3 is 2.88 bits per heavy atom. The second-order valence-electron chi connectivity index (χ2n) is 5.03. The second-order valence-corrected chi connectivity index (χ2v) is 5.47. The Hall–Kier alpha value is -3.26. The van der Waals surface area contributed by atoms with Gasteiger partial charge in [0.05, 0.1) is 5.52 Å². The minimum absolute atomic E-state index is 0.275. The van der Waals surface area contributed by atoms with Gasteiger partial charge in [0.15, 0.2) is 5.69 Å². The van der Waals surface area contributed by atoms with E-state index in [0.29, 0.717) is 21.9 Å². The van der Waals surface area contributed by atoms with E-state index in [1.54, 1.807) is 36.4 Å². The molecule has 3 N–H and O–H groups in total. The third kappa shape index (κ3) is 2.59. The molecule has 0 aliphatic carbocycles. The highest BCUT2D eigenvalue weighted by Gasteiger charge is 2.15. The summed E-state index contributed by atoms with van der Waals surface area (Å²) >= 11 is 5.99. The number of amides is 1. The second kappa shape index (κ2) is 5.74. The highest BCUT2D eigenvalue weighted by atomic mass is 35.5. The molecule has 0 aliphatic heterocycles. The van der Waals surface area contributed by atoms with Crippen molar-refractivity contribution in [1.82, 2.24) is 30.8 Å². The number of aromatic amines is 2. The molecule has 2 aromatic carbocycles. The van der Waals surface area contributed by atoms with E-state index < -0.39 is 0 Å². The Balaban J connectivity index is 1.64. The van der Waals surface area contributed by atoms with Crippen molar-refractivity contribution in [1.29, 1.82) is 0 Å². The first-order valence-electron chi connectivity index (χ1n) is 6.99. The van der Waals surface area contributed by atoms with E-state index in [0.717, 1.165) is 11.1 Å². The van der Waals surface area contributed by atoms with Crippen LogP contribution < -0.4 is 5.32 Å². The van der Waals surface area contributed by atoms with Gasteiger partial charge in [-0.2, -0.15) is 10.3 Å². The molecule has 9 heteroatoms. The third-order valence-electron chi connectivity index (χ3n) is 3.46. The van der Waals surface area contributed by atoms with Gasteiger partial charge in [-0.3, -0.25) is 9.89 Å². The van der Waals surface area contributed by atoms with Gasteiger partial charge in [-0.25, -0.2) is 0 Å². The van der Waals surface area contributed by atoms with Crippen LogP contribution in [0, 0.1) is 0 Å². The number of hydrogen-bond donors (Lipinski definition) is 3. The van der Waals surface area contributed by atoms with Crippen molar-refractivity contribution in [3.63, 3.8) is 0 Å². The number of nitrogens with zero attached hydrogens (tertiary/aromatic N) is 4. The summed E-state index contributed by atoms with van der Waals surface area (Å²) in [5.74, 6) is 0.108. The van der Waals surface area contributed by atoms with Crippen LogP contribution in [0.15, 0.2) is 42.5 Å². The Kier molecular flexibility index (Phi) is 3.43. The minimum atomic E-state index is -0.339. The number of nitrogens with one attached hydrogen (secondary N) is 3. The van der Waals surface area contributed by atoms with Crippen molar-refractivity contribution < 1.29 is 4.79 Å². The lowest BCUT2D eigenvalue weighted by Crippen LogP contribution is -2.12. The monoisotopic (exact) mass is 339 g/mol. The van der Waals surface area contributed by atoms with Crippen LogP contribution in [-0.4, -0.2) is 36.7 Å². The molecular formula is C15H10ClN7O. The number of fused-ring (bicyclic) bond motifs is 1. The molecule has 0 atom stereocenters. The van der Waals surface area contributed by atoms with Crippen LogP contribution in [0.4, 0.5) is 5.69 Å². The number of hydrogen-bond acceptors (Lipinski definition) is 5. The van der Waals surface area contributed by atoms with Crippen molar-refractivity contribution in [2.24, 2.45) is 0 Å². The van der Waals surface area contributed by atoms with Crippen LogP contribution in [0.2, 0.25) is 5.02 Å². The normalized spacial score (nSPS) is 10.9. The lowest BCUT2D eigenvalue weighted by molar-refractivity contribution is 0.102. The average Bonchev–Trinajstić information content (AvgIpc) is 3.24. The first kappa shape index (κ1) is 14.3. The number of anilines is 1. The Morgan fingerprint density at radius 2 is 2.04 bits per heavy atom. The fourth-order valence-corrected chi connectivity index (χ4v) is 2.54. The van der Waals surface area contributed by atoms with Crippen LogP contribution in [0.3, 0.4) is 0 Å². The van der Waals surface area contributed by atoms with Gasteiger partial charge in [-0.15, -0.1) is 10.2 Å². The molecule has 0 spiro atoms. The predicted molar refractivity (Wildman–Crippen MR) is 88.7 cm³/mol. The van der Waals surface area contributed by atoms with Crippen molar-refractivity contribution in [3.8, 4) is 11.4 Å². The molecule has 4 rings (SSSR count). The minimum Gasteiger partial charge on any atom is -0.321 e. The molecule has 0 saturated carbocycles. The number of carbonyl (C=O) groups excluding carboxylic acids is 1. The summed E-state index contributed by atoms with van der Waals surface area (Å²) in [5, 5.41) is 24.6. The van der Waals surface area contributed by atoms with Gasteiger partial charge in [0, 0.05) is 21.7 Å². The van der Waals surface area contributed by atoms with Crippen LogP contribution in [0.1, 0.15) is 10.5 Å². The zero-order valence-corrected chi connectivity index (χ0v) is 12.9. The highest BCUT2D eigenvalue weighted by molar-refractivity contribution is 6.31. The maximum Gasteiger partial charge on any atom is 0.276 e. The van der Waals surface area contributed by atoms with Gasteiger partial charge < -0.3 is 5.32 Å². The maximum atomic E-state index is 12.5. The zero-order valence-electron chi connectivity index (χ0n) is 12.1. The first-order valence-corrected chi connectivity index (χ1v) is 7.37. The topological polar surface area (TPSA) is 112 Å². The lowest BCUT2D eigenvalue weighted by Gasteiger charge is -2.05. The number of benzene rings is 2. The predicted octanol–water partition coefficient (Wildman–Crippen LogP) is 2.65. The summed E-state index contributed by atoms with van der Waals surface area (Å²) in [6.45, 7) is 0. The molecule has 2 aromatic heterocycles. The van der Waals surface area contributed by atoms with Gasteiger partial charge >= 0.3 is 0 Å². The molecule has 0 aliphatic rings. The molecule has 0 bridgehead atoms. The molecule has 0 unspecified atom stereocenters. The summed E-state index contributed by atoms with van der Waals surface area (Å²) in [5.41, 5.74) is 2.35. The summed E-state index contributed by atoms with van der Waals surface area (Å²) in [4.78, 5) is 12.5. The molecule has 118 valence electrons. The fourth-order valence-electron chi connectivity index (χ4n) is 2.37. The number of H-pyrrole nitrogens is 2. The molecule has 4 aromatic rings. The Morgan fingerprint density at radius 1 is 1.12 bits per heavy atom. The van der Waals surface area contributed by atoms with E-state index in [2.05, 4.69) is 36.1 Å². The zero-order chi connectivity index (χ0) is 16.5. The SMILES string of the molecule is O=C(Nc1cccc(-c2nn[nH]n2)c1)c1n[nH]c2ccc(Cl)cc12. The molecule has 0 saturated heterocycles. The average molecular weight is 340 g/mol.